The molecule has 4 heavy (non-hydrogen) atoms. The van der Waals surface area contributed by atoms with Crippen molar-refractivity contribution in [3.63, 3.8) is 0 Å². The van der Waals surface area contributed by atoms with Gasteiger partial charge in [-0.05, 0) is 0 Å². The summed E-state index contributed by atoms with van der Waals surface area (Å²) in [4.78, 5) is 0. The molecule has 0 aliphatic rings. The molecule has 0 aromatic heterocycles. The Bertz CT molecular complexity index is 6.00. The summed E-state index contributed by atoms with van der Waals surface area (Å²) in [6.07, 6.45) is 0. The standard InChI is InChI=1S/As.2In.P/q-3;2*+3;-3. The van der Waals surface area contributed by atoms with Crippen molar-refractivity contribution in [2.24, 2.45) is 0 Å². The van der Waals surface area contributed by atoms with Crippen molar-refractivity contribution >= 4 is 79.5 Å². The van der Waals surface area contributed by atoms with Crippen LogP contribution in [-0.4, -0.2) is 69.6 Å². The first kappa shape index (κ1) is 29.7. The quantitative estimate of drug-likeness (QED) is 0.422. The predicted molar refractivity (Wildman–Crippen MR) is 24.2 cm³/mol. The van der Waals surface area contributed by atoms with E-state index in [4.69, 9.17) is 0 Å². The molecule has 0 saturated heterocycles. The minimum atomic E-state index is 0. The molecule has 16 valence electrons. The maximum atomic E-state index is 0. The number of hydrogen-bond donors (Lipinski definition) is 0. The van der Waals surface area contributed by atoms with Gasteiger partial charge in [0.05, 0.1) is 0 Å². The molecule has 0 saturated carbocycles. The summed E-state index contributed by atoms with van der Waals surface area (Å²) in [6.45, 7) is 0. The molecular weight excluding hydrogens is 336 g/mol. The van der Waals surface area contributed by atoms with Gasteiger partial charge in [0.2, 0.25) is 0 Å². The monoisotopic (exact) mass is 336 g/mol. The average molecular weight is 336 g/mol. The summed E-state index contributed by atoms with van der Waals surface area (Å²) in [5, 5.41) is 0. The molecule has 0 N–H and O–H groups in total. The summed E-state index contributed by atoms with van der Waals surface area (Å²) < 4.78 is 0. The maximum absolute atomic E-state index is 0. The van der Waals surface area contributed by atoms with Crippen molar-refractivity contribution in [3.05, 3.63) is 0 Å². The van der Waals surface area contributed by atoms with Crippen molar-refractivity contribution in [1.82, 2.24) is 0 Å². The minimum Gasteiger partial charge on any atom is -3.00 e. The average Bonchev–Trinajstić information content (AvgIpc) is 0. The zero-order valence-electron chi connectivity index (χ0n) is 2.05. The van der Waals surface area contributed by atoms with Crippen LogP contribution in [0.2, 0.25) is 0 Å². The Hall–Kier alpha value is 2.73. The second-order valence-electron chi connectivity index (χ2n) is 0. The molecule has 0 spiro atoms. The van der Waals surface area contributed by atoms with Gasteiger partial charge >= 0.3 is 51.7 Å². The van der Waals surface area contributed by atoms with Gasteiger partial charge in [0, 0.05) is 0 Å². The van der Waals surface area contributed by atoms with E-state index in [1.165, 1.54) is 0 Å². The maximum Gasteiger partial charge on any atom is 3.00 e. The molecule has 0 nitrogen and oxygen atoms in total. The van der Waals surface area contributed by atoms with Gasteiger partial charge in [-0.15, -0.1) is 0 Å². The summed E-state index contributed by atoms with van der Waals surface area (Å²) >= 11 is 0. The van der Waals surface area contributed by atoms with E-state index in [0.29, 0.717) is 0 Å². The molecule has 0 unspecified atom stereocenters. The Balaban J connectivity index is 0. The molecule has 0 fully saturated rings. The van der Waals surface area contributed by atoms with E-state index in [1.54, 1.807) is 0 Å². The summed E-state index contributed by atoms with van der Waals surface area (Å²) in [6, 6.07) is 0. The Morgan fingerprint density at radius 3 is 0.750 bits per heavy atom. The zero-order valence-corrected chi connectivity index (χ0v) is 11.4. The summed E-state index contributed by atoms with van der Waals surface area (Å²) in [5.74, 6) is 0. The van der Waals surface area contributed by atoms with Crippen LogP contribution >= 0.6 is 9.90 Å². The van der Waals surface area contributed by atoms with Gasteiger partial charge in [-0.3, -0.25) is 0 Å². The van der Waals surface area contributed by atoms with E-state index < -0.39 is 0 Å². The molecule has 0 aliphatic carbocycles. The van der Waals surface area contributed by atoms with Crippen molar-refractivity contribution < 1.29 is 0 Å². The van der Waals surface area contributed by atoms with Gasteiger partial charge in [0.25, 0.3) is 0 Å². The molecule has 0 bridgehead atoms. The molecule has 0 rings (SSSR count). The van der Waals surface area contributed by atoms with Gasteiger partial charge in [0.1, 0.15) is 0 Å². The third kappa shape index (κ3) is 8.83. The van der Waals surface area contributed by atoms with Crippen molar-refractivity contribution in [2.45, 2.75) is 0 Å². The summed E-state index contributed by atoms with van der Waals surface area (Å²) in [5.41, 5.74) is 0. The van der Waals surface area contributed by atoms with Crippen LogP contribution in [0.1, 0.15) is 0 Å². The fourth-order valence-electron chi connectivity index (χ4n) is 0. The van der Waals surface area contributed by atoms with E-state index >= 15 is 0 Å². The molecular formula is AsIn2P. The van der Waals surface area contributed by atoms with Gasteiger partial charge in [-0.1, -0.05) is 0 Å². The third-order valence-corrected chi connectivity index (χ3v) is 0. The van der Waals surface area contributed by atoms with Crippen molar-refractivity contribution in [3.8, 4) is 0 Å². The first-order valence-corrected chi connectivity index (χ1v) is 0. The van der Waals surface area contributed by atoms with Crippen molar-refractivity contribution in [2.75, 3.05) is 0 Å². The zero-order chi connectivity index (χ0) is 0. The Morgan fingerprint density at radius 1 is 0.750 bits per heavy atom. The van der Waals surface area contributed by atoms with Crippen LogP contribution in [0.3, 0.4) is 0 Å². The van der Waals surface area contributed by atoms with Crippen molar-refractivity contribution in [1.29, 1.82) is 0 Å². The molecule has 0 radical (unpaired) electrons. The van der Waals surface area contributed by atoms with Gasteiger partial charge < -0.3 is 27.9 Å². The van der Waals surface area contributed by atoms with Gasteiger partial charge in [-0.25, -0.2) is 0 Å². The fraction of sp³-hybridized carbons (Fsp3) is 0. The molecule has 0 aliphatic heterocycles. The smallest absolute Gasteiger partial charge is 3.00 e. The Kier molecular flexibility index (Phi) is 128. The van der Waals surface area contributed by atoms with Gasteiger partial charge in [0.15, 0.2) is 0 Å². The van der Waals surface area contributed by atoms with Gasteiger partial charge in [-0.2, -0.15) is 0 Å². The van der Waals surface area contributed by atoms with Crippen LogP contribution in [0.15, 0.2) is 0 Å². The Morgan fingerprint density at radius 2 is 0.750 bits per heavy atom. The SMILES string of the molecule is [As-3].[In+3].[In+3].[P-3]. The second-order valence-corrected chi connectivity index (χ2v) is 0. The molecule has 0 atom stereocenters. The third-order valence-electron chi connectivity index (χ3n) is 0. The number of hydrogen-bond acceptors (Lipinski definition) is 0. The fourth-order valence-corrected chi connectivity index (χ4v) is 0. The van der Waals surface area contributed by atoms with Crippen LogP contribution in [0.5, 0.6) is 0 Å². The topological polar surface area (TPSA) is 0 Å². The minimum absolute atomic E-state index is 0. The second kappa shape index (κ2) is 17.2. The van der Waals surface area contributed by atoms with E-state index in [-0.39, 0.29) is 79.5 Å². The molecule has 0 heterocycles. The van der Waals surface area contributed by atoms with Crippen LogP contribution in [-0.2, 0) is 0 Å². The van der Waals surface area contributed by atoms with Crippen LogP contribution in [0.4, 0.5) is 0 Å². The first-order valence-electron chi connectivity index (χ1n) is 0. The van der Waals surface area contributed by atoms with E-state index in [1.807, 2.05) is 0 Å². The number of rotatable bonds is 0. The first-order chi connectivity index (χ1) is 0. The molecule has 0 aromatic rings. The molecule has 4 heteroatoms. The normalized spacial score (nSPS) is 0. The largest absolute Gasteiger partial charge is 3.00 e. The van der Waals surface area contributed by atoms with E-state index in [9.17, 15) is 0 Å². The molecule has 0 aromatic carbocycles. The van der Waals surface area contributed by atoms with Crippen LogP contribution in [0.25, 0.3) is 0 Å². The van der Waals surface area contributed by atoms with E-state index in [2.05, 4.69) is 0 Å². The predicted octanol–water partition coefficient (Wildman–Crippen LogP) is -0.281. The molecule has 0 amide bonds. The van der Waals surface area contributed by atoms with Crippen LogP contribution < -0.4 is 0 Å². The summed E-state index contributed by atoms with van der Waals surface area (Å²) in [7, 11) is 0. The van der Waals surface area contributed by atoms with Crippen LogP contribution in [0, 0.1) is 0 Å². The van der Waals surface area contributed by atoms with E-state index in [0.717, 1.165) is 0 Å². The Labute approximate surface area is 78.4 Å².